The molecule has 1 aliphatic carbocycles. The molecule has 0 radical (unpaired) electrons. The summed E-state index contributed by atoms with van der Waals surface area (Å²) in [6, 6.07) is 7.72. The number of sulfonamides is 1. The Labute approximate surface area is 304 Å². The van der Waals surface area contributed by atoms with Gasteiger partial charge in [-0.05, 0) is 68.6 Å². The number of amides is 1. The average molecular weight is 762 g/mol. The van der Waals surface area contributed by atoms with Crippen LogP contribution in [0.3, 0.4) is 0 Å². The topological polar surface area (TPSA) is 113 Å². The number of piperidine rings is 1. The lowest BCUT2D eigenvalue weighted by Crippen LogP contribution is -2.53. The number of likely N-dealkylation sites (tertiary alicyclic amines) is 1. The normalized spacial score (nSPS) is 20.3. The van der Waals surface area contributed by atoms with E-state index >= 15 is 0 Å². The van der Waals surface area contributed by atoms with Crippen LogP contribution in [0.5, 0.6) is 5.75 Å². The number of carbonyl (C=O) groups is 1. The van der Waals surface area contributed by atoms with E-state index in [1.165, 1.54) is 24.2 Å². The summed E-state index contributed by atoms with van der Waals surface area (Å²) in [7, 11) is -4.56. The van der Waals surface area contributed by atoms with Crippen molar-refractivity contribution in [2.24, 2.45) is 5.41 Å². The lowest BCUT2D eigenvalue weighted by molar-refractivity contribution is -0.143. The van der Waals surface area contributed by atoms with Crippen LogP contribution >= 0.6 is 11.3 Å². The fourth-order valence-electron chi connectivity index (χ4n) is 7.22. The van der Waals surface area contributed by atoms with Crippen molar-refractivity contribution in [3.05, 3.63) is 58.0 Å². The summed E-state index contributed by atoms with van der Waals surface area (Å²) >= 11 is 1.18. The van der Waals surface area contributed by atoms with Crippen LogP contribution in [0.15, 0.2) is 35.2 Å². The molecule has 2 aliphatic heterocycles. The summed E-state index contributed by atoms with van der Waals surface area (Å²) in [5.74, 6) is 3.33. The molecule has 52 heavy (non-hydrogen) atoms. The van der Waals surface area contributed by atoms with E-state index in [4.69, 9.17) is 16.0 Å². The number of halogens is 4. The van der Waals surface area contributed by atoms with Crippen LogP contribution < -0.4 is 20.1 Å². The first-order valence-corrected chi connectivity index (χ1v) is 19.3. The highest BCUT2D eigenvalue weighted by atomic mass is 32.2. The Hall–Kier alpha value is -4.09. The van der Waals surface area contributed by atoms with Gasteiger partial charge in [-0.1, -0.05) is 24.0 Å². The zero-order chi connectivity index (χ0) is 37.1. The lowest BCUT2D eigenvalue weighted by atomic mass is 9.76. The van der Waals surface area contributed by atoms with Crippen molar-refractivity contribution in [1.82, 2.24) is 9.62 Å². The second kappa shape index (κ2) is 15.5. The first-order valence-electron chi connectivity index (χ1n) is 17.0. The molecule has 0 unspecified atom stereocenters. The van der Waals surface area contributed by atoms with Crippen LogP contribution in [-0.4, -0.2) is 77.1 Å². The first-order chi connectivity index (χ1) is 24.8. The quantitative estimate of drug-likeness (QED) is 0.122. The number of nitrogens with one attached hydrogen (secondary N) is 3. The Morgan fingerprint density at radius 2 is 1.88 bits per heavy atom. The van der Waals surface area contributed by atoms with Gasteiger partial charge in [-0.25, -0.2) is 24.1 Å². The zero-order valence-corrected chi connectivity index (χ0v) is 30.1. The van der Waals surface area contributed by atoms with Gasteiger partial charge in [-0.2, -0.15) is 13.2 Å². The molecule has 3 N–H and O–H groups in total. The van der Waals surface area contributed by atoms with E-state index in [1.54, 1.807) is 16.9 Å². The molecule has 10 nitrogen and oxygen atoms in total. The third-order valence-electron chi connectivity index (χ3n) is 9.90. The molecular formula is C36H39F4N5O5S2. The lowest BCUT2D eigenvalue weighted by Gasteiger charge is -2.49. The molecule has 3 aromatic rings. The van der Waals surface area contributed by atoms with Crippen molar-refractivity contribution in [1.29, 1.82) is 0 Å². The van der Waals surface area contributed by atoms with Gasteiger partial charge in [-0.15, -0.1) is 11.3 Å². The molecule has 16 heteroatoms. The van der Waals surface area contributed by atoms with Gasteiger partial charge in [0.2, 0.25) is 5.91 Å². The van der Waals surface area contributed by atoms with Gasteiger partial charge >= 0.3 is 12.9 Å². The Balaban J connectivity index is 1.17. The Morgan fingerprint density at radius 3 is 2.52 bits per heavy atom. The summed E-state index contributed by atoms with van der Waals surface area (Å²) in [4.78, 5) is 16.4. The van der Waals surface area contributed by atoms with Gasteiger partial charge in [0.1, 0.15) is 10.7 Å². The predicted molar refractivity (Wildman–Crippen MR) is 190 cm³/mol. The van der Waals surface area contributed by atoms with Crippen LogP contribution in [0.1, 0.15) is 55.9 Å². The van der Waals surface area contributed by atoms with Crippen molar-refractivity contribution >= 4 is 48.7 Å². The maximum absolute atomic E-state index is 14.9. The molecular weight excluding hydrogens is 723 g/mol. The minimum absolute atomic E-state index is 0.0394. The third-order valence-corrected chi connectivity index (χ3v) is 12.5. The van der Waals surface area contributed by atoms with E-state index in [0.717, 1.165) is 76.7 Å². The molecule has 1 amide bonds. The molecule has 1 aromatic heterocycles. The molecule has 0 atom stereocenters. The summed E-state index contributed by atoms with van der Waals surface area (Å²) in [5.41, 5.74) is 1.21. The van der Waals surface area contributed by atoms with Crippen molar-refractivity contribution in [3.8, 4) is 17.6 Å². The first kappa shape index (κ1) is 37.7. The van der Waals surface area contributed by atoms with Gasteiger partial charge in [0.05, 0.1) is 47.1 Å². The smallest absolute Gasteiger partial charge is 0.393 e. The minimum Gasteiger partial charge on any atom is -0.424 e. The second-order valence-corrected chi connectivity index (χ2v) is 16.3. The molecule has 0 bridgehead atoms. The summed E-state index contributed by atoms with van der Waals surface area (Å²) < 4.78 is 94.4. The highest BCUT2D eigenvalue weighted by Crippen LogP contribution is 2.42. The molecule has 1 spiro atoms. The number of nitrogens with zero attached hydrogens (tertiary/aromatic N) is 2. The maximum Gasteiger partial charge on any atom is 0.393 e. The van der Waals surface area contributed by atoms with E-state index in [9.17, 15) is 30.8 Å². The largest absolute Gasteiger partial charge is 0.424 e. The van der Waals surface area contributed by atoms with E-state index in [1.807, 2.05) is 6.07 Å². The van der Waals surface area contributed by atoms with Gasteiger partial charge in [0.25, 0.3) is 10.0 Å². The predicted octanol–water partition coefficient (Wildman–Crippen LogP) is 6.52. The maximum atomic E-state index is 14.9. The minimum atomic E-state index is -4.56. The Morgan fingerprint density at radius 1 is 1.15 bits per heavy atom. The molecule has 3 heterocycles. The molecule has 3 aliphatic rings. The number of anilines is 2. The van der Waals surface area contributed by atoms with E-state index in [2.05, 4.69) is 32.2 Å². The average Bonchev–Trinajstić information content (AvgIpc) is 3.41. The molecule has 2 aromatic carbocycles. The number of rotatable bonds is 10. The van der Waals surface area contributed by atoms with E-state index < -0.39 is 46.0 Å². The number of hydrogen-bond donors (Lipinski definition) is 3. The van der Waals surface area contributed by atoms with Crippen LogP contribution in [0.4, 0.5) is 28.9 Å². The van der Waals surface area contributed by atoms with Gasteiger partial charge < -0.3 is 25.0 Å². The fraction of sp³-hybridized carbons (Fsp3) is 0.500. The van der Waals surface area contributed by atoms with Crippen molar-refractivity contribution < 1.29 is 40.2 Å². The third kappa shape index (κ3) is 8.74. The number of ether oxygens (including phenoxy) is 2. The summed E-state index contributed by atoms with van der Waals surface area (Å²) in [5, 5.41) is 6.90. The number of carbonyl (C=O) groups excluding carboxylic acids is 1. The van der Waals surface area contributed by atoms with Gasteiger partial charge in [-0.3, -0.25) is 9.64 Å². The van der Waals surface area contributed by atoms with Gasteiger partial charge in [0, 0.05) is 36.6 Å². The molecule has 1 saturated carbocycles. The number of thiophene rings is 1. The monoisotopic (exact) mass is 761 g/mol. The fourth-order valence-corrected chi connectivity index (χ4v) is 9.45. The zero-order valence-electron chi connectivity index (χ0n) is 28.5. The molecule has 6 rings (SSSR count). The standard InChI is InChI=1S/C36H39F4N5O5S2/c1-23(46)44-52(47,48)33-18-31(50-22-41-2)30(17-28(33)37)42-14-4-7-32-27(19-36(38,39)40)26-5-3-6-29(34(26)51-32)43-24-8-10-25(11-9-24)45-15-12-35(13-16-45)20-49-21-35/h3,5-6,17-18,24-25,42-43H,8-16,19-22H2,1H3,(H,44,46). The Kier molecular flexibility index (Phi) is 11.2. The number of benzene rings is 2. The van der Waals surface area contributed by atoms with Crippen molar-refractivity contribution in [2.45, 2.75) is 75.0 Å². The van der Waals surface area contributed by atoms with Crippen LogP contribution in [0, 0.1) is 29.6 Å². The Bertz CT molecular complexity index is 2010. The number of fused-ring (bicyclic) bond motifs is 1. The van der Waals surface area contributed by atoms with Crippen molar-refractivity contribution in [3.63, 3.8) is 0 Å². The molecule has 3 fully saturated rings. The van der Waals surface area contributed by atoms with E-state index in [-0.39, 0.29) is 34.5 Å². The highest BCUT2D eigenvalue weighted by Gasteiger charge is 2.42. The SMILES string of the molecule is [C-]#[N+]COc1cc(S(=O)(=O)NC(C)=O)c(F)cc1NCC#Cc1sc2c(NC3CCC(N4CCC5(CC4)COC5)CC3)cccc2c1CC(F)(F)F. The molecule has 2 saturated heterocycles. The highest BCUT2D eigenvalue weighted by molar-refractivity contribution is 7.90. The van der Waals surface area contributed by atoms with Crippen LogP contribution in [-0.2, 0) is 26.0 Å². The van der Waals surface area contributed by atoms with E-state index in [0.29, 0.717) is 21.5 Å². The van der Waals surface area contributed by atoms with Crippen LogP contribution in [0.25, 0.3) is 14.9 Å². The van der Waals surface area contributed by atoms with Crippen molar-refractivity contribution in [2.75, 3.05) is 50.2 Å². The van der Waals surface area contributed by atoms with Crippen LogP contribution in [0.2, 0.25) is 0 Å². The summed E-state index contributed by atoms with van der Waals surface area (Å²) in [6.07, 6.45) is 0.791. The summed E-state index contributed by atoms with van der Waals surface area (Å²) in [6.45, 7) is 11.2. The second-order valence-electron chi connectivity index (χ2n) is 13.6. The molecule has 278 valence electrons. The van der Waals surface area contributed by atoms with Gasteiger partial charge in [0.15, 0.2) is 5.75 Å². The number of hydrogen-bond acceptors (Lipinski definition) is 9. The number of alkyl halides is 3.